The Bertz CT molecular complexity index is 569. The lowest BCUT2D eigenvalue weighted by Crippen LogP contribution is -2.37. The Morgan fingerprint density at radius 1 is 1.25 bits per heavy atom. The second kappa shape index (κ2) is 7.58. The molecule has 0 unspecified atom stereocenters. The second-order valence-electron chi connectivity index (χ2n) is 6.91. The number of hydrogen-bond acceptors (Lipinski definition) is 6. The maximum atomic E-state index is 12.0. The Balaban J connectivity index is 1.56. The van der Waals surface area contributed by atoms with E-state index >= 15 is 0 Å². The number of nitrogens with two attached hydrogens (primary N) is 1. The summed E-state index contributed by atoms with van der Waals surface area (Å²) in [7, 11) is 3.60. The third-order valence-electron chi connectivity index (χ3n) is 5.11. The molecule has 1 aliphatic heterocycles. The maximum Gasteiger partial charge on any atom is 0.248 e. The minimum absolute atomic E-state index is 0.0709. The highest BCUT2D eigenvalue weighted by Gasteiger charge is 2.31. The van der Waals surface area contributed by atoms with Gasteiger partial charge in [-0.2, -0.15) is 0 Å². The monoisotopic (exact) mass is 336 g/mol. The molecule has 2 N–H and O–H groups in total. The highest BCUT2D eigenvalue weighted by Crippen LogP contribution is 2.34. The third-order valence-corrected chi connectivity index (χ3v) is 5.11. The van der Waals surface area contributed by atoms with E-state index in [-0.39, 0.29) is 12.5 Å². The van der Waals surface area contributed by atoms with Gasteiger partial charge in [-0.1, -0.05) is 0 Å². The number of hydrogen-bond donors (Lipinski definition) is 1. The van der Waals surface area contributed by atoms with Crippen LogP contribution >= 0.6 is 0 Å². The molecule has 1 aromatic rings. The highest BCUT2D eigenvalue weighted by atomic mass is 16.5. The third kappa shape index (κ3) is 3.76. The fourth-order valence-electron chi connectivity index (χ4n) is 3.53. The van der Waals surface area contributed by atoms with Gasteiger partial charge in [-0.15, -0.1) is 10.2 Å². The first-order valence-corrected chi connectivity index (χ1v) is 8.71. The molecular weight excluding hydrogens is 308 g/mol. The summed E-state index contributed by atoms with van der Waals surface area (Å²) < 4.78 is 7.07. The van der Waals surface area contributed by atoms with Crippen LogP contribution in [0.1, 0.15) is 36.8 Å². The molecule has 134 valence electrons. The molecule has 0 spiro atoms. The number of amides is 1. The van der Waals surface area contributed by atoms with Crippen LogP contribution in [0, 0.1) is 0 Å². The maximum absolute atomic E-state index is 12.0. The van der Waals surface area contributed by atoms with Gasteiger partial charge in [0.1, 0.15) is 18.3 Å². The van der Waals surface area contributed by atoms with Crippen LogP contribution in [0.4, 0.5) is 0 Å². The molecule has 0 bridgehead atoms. The number of ether oxygens (including phenoxy) is 1. The van der Waals surface area contributed by atoms with Crippen molar-refractivity contribution in [3.8, 4) is 0 Å². The van der Waals surface area contributed by atoms with Crippen LogP contribution in [0.15, 0.2) is 0 Å². The number of rotatable bonds is 5. The minimum atomic E-state index is 0.0709. The summed E-state index contributed by atoms with van der Waals surface area (Å²) in [4.78, 5) is 16.2. The van der Waals surface area contributed by atoms with Crippen molar-refractivity contribution in [1.29, 1.82) is 0 Å². The van der Waals surface area contributed by atoms with Gasteiger partial charge in [-0.25, -0.2) is 0 Å². The normalized spacial score (nSPS) is 25.4. The average molecular weight is 336 g/mol. The Morgan fingerprint density at radius 3 is 2.75 bits per heavy atom. The first-order valence-electron chi connectivity index (χ1n) is 8.71. The summed E-state index contributed by atoms with van der Waals surface area (Å²) in [5.74, 6) is 2.57. The van der Waals surface area contributed by atoms with Crippen LogP contribution in [0.25, 0.3) is 0 Å². The van der Waals surface area contributed by atoms with Crippen LogP contribution in [0.5, 0.6) is 0 Å². The van der Waals surface area contributed by atoms with Gasteiger partial charge < -0.3 is 19.9 Å². The van der Waals surface area contributed by atoms with E-state index in [1.54, 1.807) is 7.11 Å². The lowest BCUT2D eigenvalue weighted by molar-refractivity contribution is -0.135. The molecule has 1 saturated heterocycles. The van der Waals surface area contributed by atoms with Gasteiger partial charge in [0, 0.05) is 52.3 Å². The molecule has 1 aromatic heterocycles. The molecule has 0 aromatic carbocycles. The largest absolute Gasteiger partial charge is 0.375 e. The Labute approximate surface area is 142 Å². The SMILES string of the molecule is COCC(=O)N1CCCN(Cc2nnc(C3CC(N)C3)n2C)CC1. The summed E-state index contributed by atoms with van der Waals surface area (Å²) in [6, 6.07) is 0.316. The predicted octanol–water partition coefficient (Wildman–Crippen LogP) is -0.299. The number of carbonyl (C=O) groups excluding carboxylic acids is 1. The molecule has 8 nitrogen and oxygen atoms in total. The first-order chi connectivity index (χ1) is 11.6. The molecule has 1 aliphatic carbocycles. The van der Waals surface area contributed by atoms with E-state index in [2.05, 4.69) is 19.7 Å². The topological polar surface area (TPSA) is 89.5 Å². The van der Waals surface area contributed by atoms with E-state index in [1.165, 1.54) is 0 Å². The smallest absolute Gasteiger partial charge is 0.248 e. The van der Waals surface area contributed by atoms with Crippen molar-refractivity contribution >= 4 is 5.91 Å². The van der Waals surface area contributed by atoms with E-state index in [4.69, 9.17) is 10.5 Å². The van der Waals surface area contributed by atoms with Crippen LogP contribution in [0.2, 0.25) is 0 Å². The minimum Gasteiger partial charge on any atom is -0.375 e. The number of aromatic nitrogens is 3. The number of methoxy groups -OCH3 is 1. The fourth-order valence-corrected chi connectivity index (χ4v) is 3.53. The molecule has 0 atom stereocenters. The standard InChI is InChI=1S/C16H28N6O2/c1-20-14(18-19-16(20)12-8-13(17)9-12)10-21-4-3-5-22(7-6-21)15(23)11-24-2/h12-13H,3-11,17H2,1-2H3. The summed E-state index contributed by atoms with van der Waals surface area (Å²) in [6.45, 7) is 4.29. The molecule has 8 heteroatoms. The molecular formula is C16H28N6O2. The summed E-state index contributed by atoms with van der Waals surface area (Å²) >= 11 is 0. The molecule has 2 heterocycles. The summed E-state index contributed by atoms with van der Waals surface area (Å²) in [6.07, 6.45) is 2.98. The fraction of sp³-hybridized carbons (Fsp3) is 0.812. The molecule has 3 rings (SSSR count). The lowest BCUT2D eigenvalue weighted by atomic mass is 9.80. The van der Waals surface area contributed by atoms with E-state index in [9.17, 15) is 4.79 Å². The molecule has 2 fully saturated rings. The molecule has 1 saturated carbocycles. The van der Waals surface area contributed by atoms with Crippen molar-refractivity contribution in [2.75, 3.05) is 39.9 Å². The quantitative estimate of drug-likeness (QED) is 0.794. The average Bonchev–Trinajstić information content (AvgIpc) is 2.74. The van der Waals surface area contributed by atoms with Crippen LogP contribution in [-0.2, 0) is 23.1 Å². The van der Waals surface area contributed by atoms with Gasteiger partial charge in [0.25, 0.3) is 0 Å². The molecule has 2 aliphatic rings. The van der Waals surface area contributed by atoms with Crippen molar-refractivity contribution in [3.63, 3.8) is 0 Å². The van der Waals surface area contributed by atoms with E-state index < -0.39 is 0 Å². The van der Waals surface area contributed by atoms with Gasteiger partial charge in [0.15, 0.2) is 0 Å². The second-order valence-corrected chi connectivity index (χ2v) is 6.91. The van der Waals surface area contributed by atoms with Gasteiger partial charge >= 0.3 is 0 Å². The Kier molecular flexibility index (Phi) is 5.47. The van der Waals surface area contributed by atoms with Crippen molar-refractivity contribution in [3.05, 3.63) is 11.6 Å². The first kappa shape index (κ1) is 17.3. The van der Waals surface area contributed by atoms with Crippen molar-refractivity contribution in [2.45, 2.75) is 37.8 Å². The predicted molar refractivity (Wildman–Crippen MR) is 89.3 cm³/mol. The zero-order chi connectivity index (χ0) is 17.1. The van der Waals surface area contributed by atoms with Crippen molar-refractivity contribution in [1.82, 2.24) is 24.6 Å². The van der Waals surface area contributed by atoms with Crippen LogP contribution in [0.3, 0.4) is 0 Å². The van der Waals surface area contributed by atoms with E-state index in [0.717, 1.165) is 63.6 Å². The van der Waals surface area contributed by atoms with Crippen LogP contribution < -0.4 is 5.73 Å². The molecule has 0 radical (unpaired) electrons. The summed E-state index contributed by atoms with van der Waals surface area (Å²) in [5.41, 5.74) is 5.88. The van der Waals surface area contributed by atoms with Gasteiger partial charge in [0.05, 0.1) is 6.54 Å². The number of nitrogens with zero attached hydrogens (tertiary/aromatic N) is 5. The zero-order valence-electron chi connectivity index (χ0n) is 14.6. The molecule has 1 amide bonds. The van der Waals surface area contributed by atoms with Crippen molar-refractivity contribution < 1.29 is 9.53 Å². The number of carbonyl (C=O) groups is 1. The zero-order valence-corrected chi connectivity index (χ0v) is 14.6. The van der Waals surface area contributed by atoms with Crippen LogP contribution in [-0.4, -0.2) is 76.4 Å². The van der Waals surface area contributed by atoms with Gasteiger partial charge in [0.2, 0.25) is 5.91 Å². The summed E-state index contributed by atoms with van der Waals surface area (Å²) in [5, 5.41) is 8.76. The Morgan fingerprint density at radius 2 is 2.04 bits per heavy atom. The molecule has 24 heavy (non-hydrogen) atoms. The lowest BCUT2D eigenvalue weighted by Gasteiger charge is -2.31. The van der Waals surface area contributed by atoms with Gasteiger partial charge in [-0.3, -0.25) is 9.69 Å². The van der Waals surface area contributed by atoms with Crippen molar-refractivity contribution in [2.24, 2.45) is 12.8 Å². The van der Waals surface area contributed by atoms with E-state index in [0.29, 0.717) is 12.0 Å². The van der Waals surface area contributed by atoms with Gasteiger partial charge in [-0.05, 0) is 19.3 Å². The van der Waals surface area contributed by atoms with E-state index in [1.807, 2.05) is 11.9 Å². The Hall–Kier alpha value is -1.51. The highest BCUT2D eigenvalue weighted by molar-refractivity contribution is 5.77.